The maximum Gasteiger partial charge on any atom is 0.148 e. The third-order valence-corrected chi connectivity index (χ3v) is 9.03. The first-order valence-corrected chi connectivity index (χ1v) is 14.9. The van der Waals surface area contributed by atoms with Gasteiger partial charge in [0.25, 0.3) is 0 Å². The van der Waals surface area contributed by atoms with Gasteiger partial charge in [-0.3, -0.25) is 15.0 Å². The minimum absolute atomic E-state index is 0.139. The molecule has 4 unspecified atom stereocenters. The van der Waals surface area contributed by atoms with Gasteiger partial charge in [0.05, 0.1) is 23.7 Å². The first kappa shape index (κ1) is 25.6. The van der Waals surface area contributed by atoms with Crippen LogP contribution in [0.5, 0.6) is 0 Å². The van der Waals surface area contributed by atoms with Crippen LogP contribution in [-0.2, 0) is 16.9 Å². The topological polar surface area (TPSA) is 107 Å². The first-order chi connectivity index (χ1) is 17.0. The van der Waals surface area contributed by atoms with Crippen molar-refractivity contribution in [2.75, 3.05) is 49.6 Å². The Morgan fingerprint density at radius 1 is 1.19 bits per heavy atom. The third-order valence-electron chi connectivity index (χ3n) is 8.10. The van der Waals surface area contributed by atoms with Gasteiger partial charge in [-0.05, 0) is 38.8 Å². The van der Waals surface area contributed by atoms with Crippen molar-refractivity contribution in [1.82, 2.24) is 35.8 Å². The summed E-state index contributed by atoms with van der Waals surface area (Å²) in [5, 5.41) is 8.03. The van der Waals surface area contributed by atoms with Gasteiger partial charge in [0.15, 0.2) is 0 Å². The Labute approximate surface area is 214 Å². The Morgan fingerprint density at radius 2 is 2.00 bits per heavy atom. The van der Waals surface area contributed by atoms with Crippen LogP contribution in [0.3, 0.4) is 0 Å². The fourth-order valence-electron chi connectivity index (χ4n) is 6.03. The number of piperazine rings is 1. The summed E-state index contributed by atoms with van der Waals surface area (Å²) in [4.78, 5) is 9.89. The Morgan fingerprint density at radius 3 is 2.69 bits per heavy atom. The molecule has 3 saturated heterocycles. The molecule has 3 fully saturated rings. The summed E-state index contributed by atoms with van der Waals surface area (Å²) < 4.78 is 25.3. The van der Waals surface area contributed by atoms with Crippen molar-refractivity contribution >= 4 is 15.7 Å². The van der Waals surface area contributed by atoms with E-state index < -0.39 is 9.84 Å². The van der Waals surface area contributed by atoms with Gasteiger partial charge in [0.1, 0.15) is 15.7 Å². The van der Waals surface area contributed by atoms with Crippen LogP contribution in [0, 0.1) is 12.8 Å². The lowest BCUT2D eigenvalue weighted by atomic mass is 9.82. The lowest BCUT2D eigenvalue weighted by Crippen LogP contribution is -2.60. The van der Waals surface area contributed by atoms with Crippen LogP contribution in [0.15, 0.2) is 24.5 Å². The number of nitrogens with zero attached hydrogens (tertiary/aromatic N) is 5. The minimum atomic E-state index is -2.98. The van der Waals surface area contributed by atoms with Crippen molar-refractivity contribution in [3.05, 3.63) is 41.3 Å². The molecule has 0 saturated carbocycles. The van der Waals surface area contributed by atoms with E-state index in [0.717, 1.165) is 44.1 Å². The van der Waals surface area contributed by atoms with E-state index in [0.29, 0.717) is 18.5 Å². The van der Waals surface area contributed by atoms with Crippen molar-refractivity contribution in [3.63, 3.8) is 0 Å². The van der Waals surface area contributed by atoms with Gasteiger partial charge in [-0.1, -0.05) is 6.07 Å². The number of aryl methyl sites for hydroxylation is 2. The van der Waals surface area contributed by atoms with E-state index in [9.17, 15) is 8.42 Å². The van der Waals surface area contributed by atoms with Crippen LogP contribution in [-0.4, -0.2) is 84.4 Å². The molecule has 0 aromatic carbocycles. The van der Waals surface area contributed by atoms with E-state index in [1.165, 1.54) is 17.4 Å². The zero-order valence-electron chi connectivity index (χ0n) is 22.0. The molecular weight excluding hydrogens is 476 g/mol. The number of rotatable bonds is 6. The number of hydrogen-bond acceptors (Lipinski definition) is 9. The molecule has 3 N–H and O–H groups in total. The number of nitrogens with one attached hydrogen (secondary N) is 3. The second kappa shape index (κ2) is 9.68. The Hall–Kier alpha value is -2.05. The molecule has 0 spiro atoms. The first-order valence-electron chi connectivity index (χ1n) is 12.9. The maximum absolute atomic E-state index is 11.7. The van der Waals surface area contributed by atoms with E-state index in [4.69, 9.17) is 4.98 Å². The molecule has 5 rings (SSSR count). The smallest absolute Gasteiger partial charge is 0.148 e. The molecule has 2 aromatic rings. The van der Waals surface area contributed by atoms with Crippen LogP contribution in [0.25, 0.3) is 0 Å². The van der Waals surface area contributed by atoms with Crippen LogP contribution >= 0.6 is 0 Å². The molecule has 3 aliphatic heterocycles. The predicted molar refractivity (Wildman–Crippen MR) is 141 cm³/mol. The normalized spacial score (nSPS) is 28.9. The number of sulfone groups is 1. The van der Waals surface area contributed by atoms with E-state index in [-0.39, 0.29) is 23.4 Å². The Balaban J connectivity index is 1.32. The fraction of sp³-hybridized carbons (Fsp3) is 0.680. The summed E-state index contributed by atoms with van der Waals surface area (Å²) in [7, 11) is -1.02. The second-order valence-electron chi connectivity index (χ2n) is 11.4. The highest BCUT2D eigenvalue weighted by molar-refractivity contribution is 7.90. The van der Waals surface area contributed by atoms with Gasteiger partial charge >= 0.3 is 0 Å². The summed E-state index contributed by atoms with van der Waals surface area (Å²) in [5.74, 6) is 1.65. The van der Waals surface area contributed by atoms with Crippen LogP contribution in [0.1, 0.15) is 49.2 Å². The van der Waals surface area contributed by atoms with Crippen LogP contribution < -0.4 is 21.1 Å². The van der Waals surface area contributed by atoms with Gasteiger partial charge in [0, 0.05) is 81.3 Å². The number of anilines is 1. The quantitative estimate of drug-likeness (QED) is 0.517. The van der Waals surface area contributed by atoms with E-state index in [2.05, 4.69) is 70.2 Å². The summed E-state index contributed by atoms with van der Waals surface area (Å²) >= 11 is 0. The third kappa shape index (κ3) is 5.31. The highest BCUT2D eigenvalue weighted by Gasteiger charge is 2.42. The Bertz CT molecular complexity index is 1200. The molecule has 11 heteroatoms. The SMILES string of the molecule is Cc1ccc(C2NNC3CNC(c4cnn(C)c4)CC32)nc1N1CCN(CCS(C)(=O)=O)C(C)(C)C1. The summed E-state index contributed by atoms with van der Waals surface area (Å²) in [6, 6.07) is 5.13. The fourth-order valence-corrected chi connectivity index (χ4v) is 6.58. The molecule has 0 bridgehead atoms. The Kier molecular flexibility index (Phi) is 6.88. The number of hydrogen-bond donors (Lipinski definition) is 3. The number of hydrazine groups is 1. The molecule has 2 aromatic heterocycles. The molecule has 0 aliphatic carbocycles. The molecule has 10 nitrogen and oxygen atoms in total. The van der Waals surface area contributed by atoms with E-state index >= 15 is 0 Å². The molecule has 4 atom stereocenters. The van der Waals surface area contributed by atoms with Crippen molar-refractivity contribution < 1.29 is 8.42 Å². The average Bonchev–Trinajstić information content (AvgIpc) is 3.43. The minimum Gasteiger partial charge on any atom is -0.353 e. The zero-order valence-corrected chi connectivity index (χ0v) is 22.8. The van der Waals surface area contributed by atoms with Gasteiger partial charge < -0.3 is 10.2 Å². The monoisotopic (exact) mass is 516 g/mol. The van der Waals surface area contributed by atoms with E-state index in [1.807, 2.05) is 17.9 Å². The van der Waals surface area contributed by atoms with Gasteiger partial charge in [-0.25, -0.2) is 18.8 Å². The van der Waals surface area contributed by atoms with Crippen molar-refractivity contribution in [2.45, 2.75) is 50.9 Å². The van der Waals surface area contributed by atoms with Gasteiger partial charge in [0.2, 0.25) is 0 Å². The van der Waals surface area contributed by atoms with Crippen LogP contribution in [0.2, 0.25) is 0 Å². The lowest BCUT2D eigenvalue weighted by Gasteiger charge is -2.48. The van der Waals surface area contributed by atoms with Gasteiger partial charge in [-0.15, -0.1) is 0 Å². The maximum atomic E-state index is 11.7. The van der Waals surface area contributed by atoms with Gasteiger partial charge in [-0.2, -0.15) is 5.10 Å². The van der Waals surface area contributed by atoms with E-state index in [1.54, 1.807) is 0 Å². The summed E-state index contributed by atoms with van der Waals surface area (Å²) in [6.07, 6.45) is 6.38. The van der Waals surface area contributed by atoms with Crippen molar-refractivity contribution in [1.29, 1.82) is 0 Å². The lowest BCUT2D eigenvalue weighted by molar-refractivity contribution is 0.112. The molecular formula is C25H40N8O2S. The van der Waals surface area contributed by atoms with Crippen molar-refractivity contribution in [3.8, 4) is 0 Å². The number of fused-ring (bicyclic) bond motifs is 1. The molecule has 5 heterocycles. The van der Waals surface area contributed by atoms with Crippen LogP contribution in [0.4, 0.5) is 5.82 Å². The second-order valence-corrected chi connectivity index (χ2v) is 13.7. The molecule has 36 heavy (non-hydrogen) atoms. The molecule has 198 valence electrons. The molecule has 3 aliphatic rings. The summed E-state index contributed by atoms with van der Waals surface area (Å²) in [5.41, 5.74) is 10.4. The van der Waals surface area contributed by atoms with Crippen molar-refractivity contribution in [2.24, 2.45) is 13.0 Å². The zero-order chi connectivity index (χ0) is 25.7. The number of aromatic nitrogens is 3. The highest BCUT2D eigenvalue weighted by atomic mass is 32.2. The standard InChI is InChI=1S/C25H40N8O2S/c1-17-6-7-20(23-19-12-21(18-13-27-31(4)15-18)26-14-22(19)29-30-23)28-24(17)32-8-9-33(25(2,3)16-32)10-11-36(5,34)35/h6-7,13,15,19,21-23,26,29-30H,8-12,14,16H2,1-5H3. The predicted octanol–water partition coefficient (Wildman–Crippen LogP) is 0.937. The largest absolute Gasteiger partial charge is 0.353 e. The molecule has 0 amide bonds. The highest BCUT2D eigenvalue weighted by Crippen LogP contribution is 2.38. The average molecular weight is 517 g/mol. The molecule has 0 radical (unpaired) electrons. The number of piperidine rings is 1. The summed E-state index contributed by atoms with van der Waals surface area (Å²) in [6.45, 7) is 10.4. The number of pyridine rings is 1.